The quantitative estimate of drug-likeness (QED) is 0.254. The molecule has 0 radical (unpaired) electrons. The van der Waals surface area contributed by atoms with Crippen LogP contribution in [0, 0.1) is 35.1 Å². The van der Waals surface area contributed by atoms with Crippen LogP contribution in [0.4, 0.5) is 32.8 Å². The molecule has 232 valence electrons. The number of anilines is 1. The molecule has 0 aliphatic carbocycles. The predicted molar refractivity (Wildman–Crippen MR) is 155 cm³/mol. The lowest BCUT2D eigenvalue weighted by Crippen LogP contribution is -2.56. The van der Waals surface area contributed by atoms with Gasteiger partial charge in [0.15, 0.2) is 5.82 Å². The van der Waals surface area contributed by atoms with E-state index >= 15 is 0 Å². The lowest BCUT2D eigenvalue weighted by molar-refractivity contribution is 0.0104. The van der Waals surface area contributed by atoms with Gasteiger partial charge in [-0.2, -0.15) is 0 Å². The van der Waals surface area contributed by atoms with Gasteiger partial charge in [0.25, 0.3) is 0 Å². The van der Waals surface area contributed by atoms with Gasteiger partial charge in [0.2, 0.25) is 0 Å². The van der Waals surface area contributed by atoms with Crippen molar-refractivity contribution in [2.75, 3.05) is 31.5 Å². The van der Waals surface area contributed by atoms with E-state index in [4.69, 9.17) is 4.74 Å². The third-order valence-electron chi connectivity index (χ3n) is 6.85. The number of carbonyl (C=O) groups is 2. The molecule has 0 spiro atoms. The van der Waals surface area contributed by atoms with E-state index in [1.54, 1.807) is 20.8 Å². The number of nitrogens with one attached hydrogen (secondary N) is 1. The molecule has 1 saturated heterocycles. The molecule has 2 N–H and O–H groups in total. The largest absolute Gasteiger partial charge is 0.465 e. The third-order valence-corrected chi connectivity index (χ3v) is 6.85. The molecule has 44 heavy (non-hydrogen) atoms. The Morgan fingerprint density at radius 3 is 2.34 bits per heavy atom. The van der Waals surface area contributed by atoms with E-state index in [1.165, 1.54) is 47.5 Å². The summed E-state index contributed by atoms with van der Waals surface area (Å²) in [6.45, 7) is 5.35. The van der Waals surface area contributed by atoms with Crippen LogP contribution in [0.2, 0.25) is 0 Å². The van der Waals surface area contributed by atoms with Crippen LogP contribution in [0.3, 0.4) is 0 Å². The highest BCUT2D eigenvalue weighted by atomic mass is 19.1. The van der Waals surface area contributed by atoms with Crippen LogP contribution >= 0.6 is 0 Å². The molecule has 0 bridgehead atoms. The molecule has 2 atom stereocenters. The minimum atomic E-state index is -1.23. The molecule has 2 aromatic carbocycles. The lowest BCUT2D eigenvalue weighted by atomic mass is 9.88. The van der Waals surface area contributed by atoms with Crippen molar-refractivity contribution >= 4 is 17.9 Å². The zero-order chi connectivity index (χ0) is 32.0. The highest BCUT2D eigenvalue weighted by Crippen LogP contribution is 2.30. The Morgan fingerprint density at radius 1 is 1.02 bits per heavy atom. The van der Waals surface area contributed by atoms with Crippen LogP contribution in [0.15, 0.2) is 54.9 Å². The van der Waals surface area contributed by atoms with Gasteiger partial charge < -0.3 is 20.1 Å². The molecule has 4 rings (SSSR count). The van der Waals surface area contributed by atoms with Gasteiger partial charge in [-0.1, -0.05) is 24.0 Å². The molecule has 1 fully saturated rings. The summed E-state index contributed by atoms with van der Waals surface area (Å²) >= 11 is 0. The highest BCUT2D eigenvalue weighted by molar-refractivity contribution is 5.71. The molecule has 8 nitrogen and oxygen atoms in total. The maximum absolute atomic E-state index is 15.0. The van der Waals surface area contributed by atoms with E-state index in [9.17, 15) is 32.3 Å². The van der Waals surface area contributed by atoms with Crippen molar-refractivity contribution in [3.63, 3.8) is 0 Å². The number of aromatic nitrogens is 1. The summed E-state index contributed by atoms with van der Waals surface area (Å²) in [6, 6.07) is 7.78. The number of pyridine rings is 1. The predicted octanol–water partition coefficient (Wildman–Crippen LogP) is 6.22. The fourth-order valence-electron chi connectivity index (χ4n) is 4.83. The second kappa shape index (κ2) is 13.7. The molecular weight excluding hydrogens is 580 g/mol. The minimum Gasteiger partial charge on any atom is -0.465 e. The first-order valence-electron chi connectivity index (χ1n) is 13.9. The number of hydrogen-bond acceptors (Lipinski definition) is 5. The number of rotatable bonds is 6. The van der Waals surface area contributed by atoms with Gasteiger partial charge in [-0.3, -0.25) is 9.88 Å². The second-order valence-electron chi connectivity index (χ2n) is 11.3. The maximum Gasteiger partial charge on any atom is 0.410 e. The Morgan fingerprint density at radius 2 is 1.70 bits per heavy atom. The monoisotopic (exact) mass is 612 g/mol. The van der Waals surface area contributed by atoms with Gasteiger partial charge in [0.05, 0.1) is 30.2 Å². The molecule has 1 aliphatic rings. The van der Waals surface area contributed by atoms with Gasteiger partial charge in [0.1, 0.15) is 29.1 Å². The van der Waals surface area contributed by atoms with Crippen molar-refractivity contribution in [3.8, 4) is 11.8 Å². The van der Waals surface area contributed by atoms with E-state index in [-0.39, 0.29) is 43.9 Å². The van der Waals surface area contributed by atoms with Crippen molar-refractivity contribution in [3.05, 3.63) is 94.8 Å². The minimum absolute atomic E-state index is 0.0106. The molecule has 12 heteroatoms. The number of carboxylic acid groups (broad SMARTS) is 1. The number of carbonyl (C=O) groups excluding carboxylic acids is 1. The third kappa shape index (κ3) is 8.40. The Bertz CT molecular complexity index is 1550. The second-order valence-corrected chi connectivity index (χ2v) is 11.3. The number of halogens is 4. The summed E-state index contributed by atoms with van der Waals surface area (Å²) in [5.74, 6) is 2.24. The molecule has 2 amide bonds. The Balaban J connectivity index is 1.55. The van der Waals surface area contributed by atoms with Crippen LogP contribution in [0.1, 0.15) is 49.8 Å². The molecule has 0 saturated carbocycles. The van der Waals surface area contributed by atoms with Crippen LogP contribution < -0.4 is 5.32 Å². The number of ether oxygens (including phenoxy) is 1. The normalized spacial score (nSPS) is 15.7. The van der Waals surface area contributed by atoms with Gasteiger partial charge in [-0.05, 0) is 62.6 Å². The standard InChI is InChI=1S/C32H32F4N4O4/c1-32(2,3)44-31(43)39-12-13-40(30(41)42)25(19-39)8-9-27-28(36)17-37-18-29(27)38-11-10-26(20-4-6-22(33)7-5-20)21-14-23(34)16-24(35)15-21/h4-7,14-18,25-26,38H,10-13,19H2,1-3H3,(H,41,42)/t25?,26-/m0/s1. The van der Waals surface area contributed by atoms with Crippen molar-refractivity contribution in [1.29, 1.82) is 0 Å². The Labute approximate surface area is 252 Å². The lowest BCUT2D eigenvalue weighted by Gasteiger charge is -2.38. The van der Waals surface area contributed by atoms with Gasteiger partial charge in [0, 0.05) is 31.6 Å². The number of benzene rings is 2. The maximum atomic E-state index is 15.0. The SMILES string of the molecule is CC(C)(C)OC(=O)N1CCN(C(=O)O)C(C#Cc2c(F)cncc2NCC[C@@H](c2ccc(F)cc2)c2cc(F)cc(F)c2)C1. The molecular formula is C32H32F4N4O4. The summed E-state index contributed by atoms with van der Waals surface area (Å²) in [5.41, 5.74) is 0.351. The molecule has 3 aromatic rings. The van der Waals surface area contributed by atoms with Crippen molar-refractivity contribution in [2.45, 2.75) is 44.8 Å². The first-order chi connectivity index (χ1) is 20.8. The van der Waals surface area contributed by atoms with Crippen molar-refractivity contribution in [1.82, 2.24) is 14.8 Å². The van der Waals surface area contributed by atoms with Gasteiger partial charge in [-0.25, -0.2) is 27.2 Å². The van der Waals surface area contributed by atoms with Gasteiger partial charge >= 0.3 is 12.2 Å². The van der Waals surface area contributed by atoms with E-state index in [0.717, 1.165) is 17.2 Å². The first-order valence-corrected chi connectivity index (χ1v) is 13.9. The number of amides is 2. The van der Waals surface area contributed by atoms with Crippen molar-refractivity contribution < 1.29 is 37.0 Å². The summed E-state index contributed by atoms with van der Waals surface area (Å²) < 4.78 is 62.1. The Kier molecular flexibility index (Phi) is 9.98. The van der Waals surface area contributed by atoms with E-state index < -0.39 is 53.0 Å². The number of piperazine rings is 1. The summed E-state index contributed by atoms with van der Waals surface area (Å²) in [5, 5.41) is 12.7. The molecule has 2 heterocycles. The number of hydrogen-bond donors (Lipinski definition) is 2. The van der Waals surface area contributed by atoms with Crippen LogP contribution in [0.25, 0.3) is 0 Å². The molecule has 1 unspecified atom stereocenters. The zero-order valence-corrected chi connectivity index (χ0v) is 24.4. The van der Waals surface area contributed by atoms with Crippen LogP contribution in [0.5, 0.6) is 0 Å². The van der Waals surface area contributed by atoms with Crippen LogP contribution in [-0.4, -0.2) is 69.9 Å². The Hall–Kier alpha value is -4.79. The average molecular weight is 613 g/mol. The smallest absolute Gasteiger partial charge is 0.410 e. The summed E-state index contributed by atoms with van der Waals surface area (Å²) in [6.07, 6.45) is 0.751. The van der Waals surface area contributed by atoms with Crippen LogP contribution in [-0.2, 0) is 4.74 Å². The molecule has 1 aromatic heterocycles. The average Bonchev–Trinajstić information content (AvgIpc) is 2.94. The van der Waals surface area contributed by atoms with E-state index in [1.807, 2.05) is 0 Å². The van der Waals surface area contributed by atoms with E-state index in [2.05, 4.69) is 22.1 Å². The fraction of sp³-hybridized carbons (Fsp3) is 0.344. The van der Waals surface area contributed by atoms with E-state index in [0.29, 0.717) is 11.1 Å². The number of nitrogens with zero attached hydrogens (tertiary/aromatic N) is 3. The zero-order valence-electron chi connectivity index (χ0n) is 24.4. The highest BCUT2D eigenvalue weighted by Gasteiger charge is 2.33. The molecule has 1 aliphatic heterocycles. The first kappa shape index (κ1) is 32.1. The topological polar surface area (TPSA) is 95.0 Å². The fourth-order valence-corrected chi connectivity index (χ4v) is 4.83. The summed E-state index contributed by atoms with van der Waals surface area (Å²) in [7, 11) is 0. The van der Waals surface area contributed by atoms with Gasteiger partial charge in [-0.15, -0.1) is 0 Å². The summed E-state index contributed by atoms with van der Waals surface area (Å²) in [4.78, 5) is 30.8. The van der Waals surface area contributed by atoms with Crippen molar-refractivity contribution in [2.24, 2.45) is 0 Å².